The van der Waals surface area contributed by atoms with E-state index in [-0.39, 0.29) is 6.10 Å². The molecule has 0 aromatic rings. The first-order valence-corrected chi connectivity index (χ1v) is 8.35. The Morgan fingerprint density at radius 2 is 1.63 bits per heavy atom. The first kappa shape index (κ1) is 12.6. The van der Waals surface area contributed by atoms with Gasteiger partial charge in [0.2, 0.25) is 0 Å². The van der Waals surface area contributed by atoms with Gasteiger partial charge in [0.25, 0.3) is 0 Å². The second-order valence-electron chi connectivity index (χ2n) is 9.16. The highest BCUT2D eigenvalue weighted by Crippen LogP contribution is 2.66. The maximum Gasteiger partial charge on any atom is 0.0693 e. The van der Waals surface area contributed by atoms with Crippen LogP contribution in [0.3, 0.4) is 0 Å². The van der Waals surface area contributed by atoms with Crippen molar-refractivity contribution in [2.45, 2.75) is 89.3 Å². The highest BCUT2D eigenvalue weighted by molar-refractivity contribution is 5.15. The Kier molecular flexibility index (Phi) is 2.50. The summed E-state index contributed by atoms with van der Waals surface area (Å²) in [5.74, 6) is 0.942. The van der Waals surface area contributed by atoms with Gasteiger partial charge in [-0.05, 0) is 74.5 Å². The Morgan fingerprint density at radius 3 is 2.16 bits per heavy atom. The normalized spacial score (nSPS) is 59.8. The minimum atomic E-state index is -0.0892. The van der Waals surface area contributed by atoms with Crippen LogP contribution in [0.5, 0.6) is 0 Å². The molecule has 5 aliphatic carbocycles. The third-order valence-corrected chi connectivity index (χ3v) is 6.60. The molecule has 2 nitrogen and oxygen atoms in total. The van der Waals surface area contributed by atoms with Crippen LogP contribution in [0.15, 0.2) is 0 Å². The van der Waals surface area contributed by atoms with E-state index < -0.39 is 0 Å². The minimum Gasteiger partial charge on any atom is -0.392 e. The average molecular weight is 263 g/mol. The smallest absolute Gasteiger partial charge is 0.0693 e. The molecule has 19 heavy (non-hydrogen) atoms. The fourth-order valence-electron chi connectivity index (χ4n) is 7.11. The van der Waals surface area contributed by atoms with E-state index >= 15 is 0 Å². The number of aliphatic hydroxyl groups excluding tert-OH is 1. The summed E-state index contributed by atoms with van der Waals surface area (Å²) in [5.41, 5.74) is 1.51. The van der Waals surface area contributed by atoms with E-state index in [0.29, 0.717) is 22.4 Å². The second-order valence-corrected chi connectivity index (χ2v) is 9.16. The SMILES string of the molecule is CC12CC3CC(C)(C1)CC(NC1CCCC1O)(C3)C2. The van der Waals surface area contributed by atoms with Gasteiger partial charge >= 0.3 is 0 Å². The van der Waals surface area contributed by atoms with E-state index in [1.807, 2.05) is 0 Å². The molecular formula is C17H29NO. The van der Waals surface area contributed by atoms with Crippen LogP contribution in [0.4, 0.5) is 0 Å². The van der Waals surface area contributed by atoms with E-state index in [2.05, 4.69) is 19.2 Å². The zero-order valence-corrected chi connectivity index (χ0v) is 12.5. The fraction of sp³-hybridized carbons (Fsp3) is 1.00. The highest BCUT2D eigenvalue weighted by Gasteiger charge is 2.60. The van der Waals surface area contributed by atoms with Crippen LogP contribution in [0, 0.1) is 16.7 Å². The van der Waals surface area contributed by atoms with E-state index in [4.69, 9.17) is 0 Å². The number of hydrogen-bond acceptors (Lipinski definition) is 2. The molecule has 0 aromatic carbocycles. The fourth-order valence-corrected chi connectivity index (χ4v) is 7.11. The molecule has 4 atom stereocenters. The summed E-state index contributed by atoms with van der Waals surface area (Å²) < 4.78 is 0. The van der Waals surface area contributed by atoms with Crippen molar-refractivity contribution in [1.82, 2.24) is 5.32 Å². The molecule has 0 heterocycles. The molecule has 0 spiro atoms. The molecule has 2 N–H and O–H groups in total. The first-order chi connectivity index (χ1) is 8.90. The van der Waals surface area contributed by atoms with Crippen molar-refractivity contribution in [3.05, 3.63) is 0 Å². The van der Waals surface area contributed by atoms with Crippen LogP contribution in [0.1, 0.15) is 71.6 Å². The molecule has 0 radical (unpaired) electrons. The van der Waals surface area contributed by atoms with Crippen molar-refractivity contribution in [2.24, 2.45) is 16.7 Å². The number of aliphatic hydroxyl groups is 1. The van der Waals surface area contributed by atoms with Crippen molar-refractivity contribution in [1.29, 1.82) is 0 Å². The van der Waals surface area contributed by atoms with Crippen LogP contribution in [0.2, 0.25) is 0 Å². The molecule has 4 bridgehead atoms. The Bertz CT molecular complexity index is 375. The molecule has 0 aromatic heterocycles. The van der Waals surface area contributed by atoms with Gasteiger partial charge in [-0.1, -0.05) is 13.8 Å². The van der Waals surface area contributed by atoms with Gasteiger partial charge in [-0.15, -0.1) is 0 Å². The van der Waals surface area contributed by atoms with Gasteiger partial charge in [0.05, 0.1) is 6.10 Å². The highest BCUT2D eigenvalue weighted by atomic mass is 16.3. The van der Waals surface area contributed by atoms with E-state index in [9.17, 15) is 5.11 Å². The monoisotopic (exact) mass is 263 g/mol. The van der Waals surface area contributed by atoms with Crippen molar-refractivity contribution >= 4 is 0 Å². The van der Waals surface area contributed by atoms with Gasteiger partial charge in [0.1, 0.15) is 0 Å². The Morgan fingerprint density at radius 1 is 0.947 bits per heavy atom. The summed E-state index contributed by atoms with van der Waals surface area (Å²) in [6.07, 6.45) is 11.7. The molecule has 5 saturated carbocycles. The molecule has 108 valence electrons. The molecule has 0 amide bonds. The van der Waals surface area contributed by atoms with Crippen molar-refractivity contribution in [2.75, 3.05) is 0 Å². The lowest BCUT2D eigenvalue weighted by atomic mass is 9.42. The number of nitrogens with one attached hydrogen (secondary N) is 1. The molecule has 0 aliphatic heterocycles. The maximum atomic E-state index is 10.2. The zero-order chi connectivity index (χ0) is 13.3. The lowest BCUT2D eigenvalue weighted by Crippen LogP contribution is -2.66. The van der Waals surface area contributed by atoms with Gasteiger partial charge in [0, 0.05) is 11.6 Å². The van der Waals surface area contributed by atoms with Crippen LogP contribution in [-0.4, -0.2) is 22.8 Å². The van der Waals surface area contributed by atoms with Crippen molar-refractivity contribution in [3.8, 4) is 0 Å². The molecule has 5 aliphatic rings. The molecule has 4 unspecified atom stereocenters. The van der Waals surface area contributed by atoms with E-state index in [1.54, 1.807) is 0 Å². The standard InChI is InChI=1S/C17H29NO/c1-15-6-12-7-16(2,9-15)11-17(8-12,10-15)18-13-4-3-5-14(13)19/h12-14,18-19H,3-11H2,1-2H3. The predicted octanol–water partition coefficient (Wildman–Crippen LogP) is 3.24. The third-order valence-electron chi connectivity index (χ3n) is 6.60. The molecule has 5 rings (SSSR count). The molecular weight excluding hydrogens is 234 g/mol. The lowest BCUT2D eigenvalue weighted by Gasteiger charge is -2.66. The van der Waals surface area contributed by atoms with Gasteiger partial charge in [-0.3, -0.25) is 0 Å². The molecule has 5 fully saturated rings. The number of hydrogen-bond donors (Lipinski definition) is 2. The summed E-state index contributed by atoms with van der Waals surface area (Å²) in [6, 6.07) is 0.378. The van der Waals surface area contributed by atoms with Crippen LogP contribution in [-0.2, 0) is 0 Å². The minimum absolute atomic E-state index is 0.0892. The van der Waals surface area contributed by atoms with Gasteiger partial charge in [-0.2, -0.15) is 0 Å². The van der Waals surface area contributed by atoms with Crippen molar-refractivity contribution < 1.29 is 5.11 Å². The van der Waals surface area contributed by atoms with Crippen molar-refractivity contribution in [3.63, 3.8) is 0 Å². The van der Waals surface area contributed by atoms with Crippen LogP contribution in [0.25, 0.3) is 0 Å². The summed E-state index contributed by atoms with van der Waals surface area (Å²) in [5, 5.41) is 14.1. The van der Waals surface area contributed by atoms with Gasteiger partial charge in [-0.25, -0.2) is 0 Å². The number of rotatable bonds is 2. The van der Waals surface area contributed by atoms with Gasteiger partial charge in [0.15, 0.2) is 0 Å². The Labute approximate surface area is 117 Å². The summed E-state index contributed by atoms with van der Waals surface area (Å²) >= 11 is 0. The summed E-state index contributed by atoms with van der Waals surface area (Å²) in [4.78, 5) is 0. The zero-order valence-electron chi connectivity index (χ0n) is 12.5. The first-order valence-electron chi connectivity index (χ1n) is 8.35. The van der Waals surface area contributed by atoms with E-state index in [1.165, 1.54) is 51.4 Å². The molecule has 2 heteroatoms. The Balaban J connectivity index is 1.60. The Hall–Kier alpha value is -0.0800. The average Bonchev–Trinajstić information content (AvgIpc) is 2.57. The quantitative estimate of drug-likeness (QED) is 0.801. The van der Waals surface area contributed by atoms with Crippen LogP contribution >= 0.6 is 0 Å². The summed E-state index contributed by atoms with van der Waals surface area (Å²) in [6.45, 7) is 5.05. The topological polar surface area (TPSA) is 32.3 Å². The lowest BCUT2D eigenvalue weighted by molar-refractivity contribution is -0.123. The van der Waals surface area contributed by atoms with Gasteiger partial charge < -0.3 is 10.4 Å². The second kappa shape index (κ2) is 3.76. The summed E-state index contributed by atoms with van der Waals surface area (Å²) in [7, 11) is 0. The van der Waals surface area contributed by atoms with E-state index in [0.717, 1.165) is 12.3 Å². The maximum absolute atomic E-state index is 10.2. The van der Waals surface area contributed by atoms with Crippen LogP contribution < -0.4 is 5.32 Å². The predicted molar refractivity (Wildman–Crippen MR) is 76.9 cm³/mol. The molecule has 0 saturated heterocycles. The third kappa shape index (κ3) is 1.98. The largest absolute Gasteiger partial charge is 0.392 e.